The van der Waals surface area contributed by atoms with Gasteiger partial charge in [0.05, 0.1) is 22.8 Å². The summed E-state index contributed by atoms with van der Waals surface area (Å²) >= 11 is 0. The molecule has 99 valence electrons. The largest absolute Gasteiger partial charge is 0.192 e. The summed E-state index contributed by atoms with van der Waals surface area (Å²) in [6.45, 7) is 1.86. The van der Waals surface area contributed by atoms with Gasteiger partial charge >= 0.3 is 0 Å². The molecule has 0 saturated heterocycles. The van der Waals surface area contributed by atoms with E-state index in [4.69, 9.17) is 15.8 Å². The molecule has 0 amide bonds. The minimum atomic E-state index is 0.317. The van der Waals surface area contributed by atoms with Crippen molar-refractivity contribution in [1.29, 1.82) is 15.8 Å². The van der Waals surface area contributed by atoms with Crippen LogP contribution >= 0.6 is 0 Å². The van der Waals surface area contributed by atoms with E-state index in [1.54, 1.807) is 36.4 Å². The summed E-state index contributed by atoms with van der Waals surface area (Å²) in [5, 5.41) is 26.9. The minimum Gasteiger partial charge on any atom is -0.192 e. The average molecular weight is 278 g/mol. The highest BCUT2D eigenvalue weighted by Crippen LogP contribution is 2.08. The maximum atomic E-state index is 9.09. The van der Waals surface area contributed by atoms with E-state index >= 15 is 0 Å². The van der Waals surface area contributed by atoms with Gasteiger partial charge in [-0.25, -0.2) is 0 Å². The van der Waals surface area contributed by atoms with E-state index in [0.29, 0.717) is 22.3 Å². The minimum absolute atomic E-state index is 0.317. The van der Waals surface area contributed by atoms with Crippen molar-refractivity contribution in [2.24, 2.45) is 0 Å². The Morgan fingerprint density at radius 2 is 1.32 bits per heavy atom. The second-order valence-corrected chi connectivity index (χ2v) is 4.44. The van der Waals surface area contributed by atoms with Gasteiger partial charge < -0.3 is 0 Å². The molecule has 4 heteroatoms. The number of nitriles is 3. The first-order valence-electron chi connectivity index (χ1n) is 6.51. The van der Waals surface area contributed by atoms with Gasteiger partial charge in [0.2, 0.25) is 0 Å². The molecular weight excluding hydrogens is 269 g/mol. The Morgan fingerprint density at radius 1 is 0.727 bits per heavy atom. The molecule has 3 nitrogen and oxygen atoms in total. The topological polar surface area (TPSA) is 71.4 Å². The molecule has 0 saturated carbocycles. The van der Waals surface area contributed by atoms with Gasteiger partial charge in [-0.1, -0.05) is 24.1 Å². The van der Waals surface area contributed by atoms with Gasteiger partial charge in [-0.2, -0.15) is 15.8 Å². The van der Waals surface area contributed by atoms with Crippen molar-refractivity contribution < 1.29 is 0 Å². The third kappa shape index (κ3) is 3.16. The second-order valence-electron chi connectivity index (χ2n) is 4.44. The van der Waals surface area contributed by atoms with E-state index in [1.807, 2.05) is 26.2 Å². The van der Waals surface area contributed by atoms with Gasteiger partial charge in [0.15, 0.2) is 0 Å². The van der Waals surface area contributed by atoms with Crippen LogP contribution < -0.4 is 5.46 Å². The van der Waals surface area contributed by atoms with Gasteiger partial charge in [-0.3, -0.25) is 0 Å². The smallest absolute Gasteiger partial charge is 0.149 e. The van der Waals surface area contributed by atoms with Crippen LogP contribution in [0.2, 0.25) is 6.82 Å². The zero-order valence-electron chi connectivity index (χ0n) is 11.9. The van der Waals surface area contributed by atoms with Gasteiger partial charge in [0.1, 0.15) is 19.4 Å². The summed E-state index contributed by atoms with van der Waals surface area (Å²) in [5.41, 5.74) is 3.54. The summed E-state index contributed by atoms with van der Waals surface area (Å²) in [6.07, 6.45) is 0. The Balaban J connectivity index is 2.46. The molecule has 2 aromatic carbocycles. The van der Waals surface area contributed by atoms with E-state index in [0.717, 1.165) is 11.0 Å². The van der Waals surface area contributed by atoms with E-state index in [2.05, 4.69) is 17.9 Å². The van der Waals surface area contributed by atoms with Crippen molar-refractivity contribution in [3.05, 3.63) is 64.2 Å². The summed E-state index contributed by atoms with van der Waals surface area (Å²) in [4.78, 5) is 0. The second kappa shape index (κ2) is 6.81. The molecule has 2 rings (SSSR count). The zero-order valence-corrected chi connectivity index (χ0v) is 11.9. The predicted molar refractivity (Wildman–Crippen MR) is 84.3 cm³/mol. The van der Waals surface area contributed by atoms with Crippen LogP contribution in [0.25, 0.3) is 0 Å². The monoisotopic (exact) mass is 278 g/mol. The first-order valence-corrected chi connectivity index (χ1v) is 6.51. The van der Waals surface area contributed by atoms with Crippen molar-refractivity contribution in [3.63, 3.8) is 0 Å². The lowest BCUT2D eigenvalue weighted by molar-refractivity contribution is 1.43. The molecule has 0 heterocycles. The molecule has 0 aliphatic carbocycles. The normalized spacial score (nSPS) is 8.64. The standard InChI is InChI=1S/C18H9BN3/c1-19-18-9-17(12-22)16(11-21)8-15(18)7-6-13-2-4-14(10-20)5-3-13/h2-5,8-9H,1H3. The molecule has 0 aliphatic heterocycles. The van der Waals surface area contributed by atoms with Crippen LogP contribution in [0.3, 0.4) is 0 Å². The molecule has 0 atom stereocenters. The highest BCUT2D eigenvalue weighted by atomic mass is 14.3. The van der Waals surface area contributed by atoms with Crippen LogP contribution in [-0.2, 0) is 0 Å². The molecule has 0 aliphatic rings. The lowest BCUT2D eigenvalue weighted by Crippen LogP contribution is -2.16. The first kappa shape index (κ1) is 14.9. The molecule has 22 heavy (non-hydrogen) atoms. The summed E-state index contributed by atoms with van der Waals surface area (Å²) in [7, 11) is 1.85. The molecule has 1 radical (unpaired) electrons. The summed E-state index contributed by atoms with van der Waals surface area (Å²) < 4.78 is 0. The maximum Gasteiger partial charge on any atom is 0.149 e. The Morgan fingerprint density at radius 3 is 1.86 bits per heavy atom. The van der Waals surface area contributed by atoms with E-state index < -0.39 is 0 Å². The van der Waals surface area contributed by atoms with Crippen LogP contribution in [0.15, 0.2) is 36.4 Å². The molecule has 2 aromatic rings. The first-order chi connectivity index (χ1) is 10.7. The average Bonchev–Trinajstić information content (AvgIpc) is 2.59. The van der Waals surface area contributed by atoms with Gasteiger partial charge in [0.25, 0.3) is 0 Å². The Bertz CT molecular complexity index is 895. The Labute approximate surface area is 130 Å². The molecular formula is C18H9BN3. The van der Waals surface area contributed by atoms with Crippen LogP contribution in [0.1, 0.15) is 27.8 Å². The van der Waals surface area contributed by atoms with Crippen molar-refractivity contribution in [1.82, 2.24) is 0 Å². The fourth-order valence-corrected chi connectivity index (χ4v) is 1.92. The van der Waals surface area contributed by atoms with Crippen molar-refractivity contribution in [3.8, 4) is 30.0 Å². The predicted octanol–water partition coefficient (Wildman–Crippen LogP) is 2.08. The number of rotatable bonds is 1. The number of benzene rings is 2. The number of nitrogens with zero attached hydrogens (tertiary/aromatic N) is 3. The fourth-order valence-electron chi connectivity index (χ4n) is 1.92. The SMILES string of the molecule is C[B]c1cc(C#N)c(C#N)cc1C#Cc1ccc(C#N)cc1. The summed E-state index contributed by atoms with van der Waals surface area (Å²) in [6, 6.07) is 16.3. The lowest BCUT2D eigenvalue weighted by Gasteiger charge is -2.03. The zero-order chi connectivity index (χ0) is 15.9. The molecule has 0 fully saturated rings. The van der Waals surface area contributed by atoms with Gasteiger partial charge in [-0.15, -0.1) is 0 Å². The van der Waals surface area contributed by atoms with Crippen molar-refractivity contribution in [2.45, 2.75) is 6.82 Å². The highest BCUT2D eigenvalue weighted by molar-refractivity contribution is 6.53. The maximum absolute atomic E-state index is 9.09. The molecule has 0 spiro atoms. The van der Waals surface area contributed by atoms with E-state index in [9.17, 15) is 0 Å². The third-order valence-corrected chi connectivity index (χ3v) is 3.10. The van der Waals surface area contributed by atoms with Crippen molar-refractivity contribution >= 4 is 12.7 Å². The van der Waals surface area contributed by atoms with E-state index in [1.165, 1.54) is 0 Å². The Hall–Kier alpha value is -3.47. The molecule has 0 N–H and O–H groups in total. The van der Waals surface area contributed by atoms with Gasteiger partial charge in [0, 0.05) is 11.1 Å². The fraction of sp³-hybridized carbons (Fsp3) is 0.0556. The third-order valence-electron chi connectivity index (χ3n) is 3.10. The molecule has 0 aromatic heterocycles. The number of hydrogen-bond donors (Lipinski definition) is 0. The lowest BCUT2D eigenvalue weighted by atomic mass is 9.70. The van der Waals surface area contributed by atoms with Crippen LogP contribution in [-0.4, -0.2) is 7.28 Å². The molecule has 0 bridgehead atoms. The van der Waals surface area contributed by atoms with Crippen LogP contribution in [0.4, 0.5) is 0 Å². The van der Waals surface area contributed by atoms with Crippen LogP contribution in [0, 0.1) is 45.8 Å². The van der Waals surface area contributed by atoms with Crippen LogP contribution in [0.5, 0.6) is 0 Å². The molecule has 0 unspecified atom stereocenters. The number of hydrogen-bond acceptors (Lipinski definition) is 3. The summed E-state index contributed by atoms with van der Waals surface area (Å²) in [5.74, 6) is 6.02. The van der Waals surface area contributed by atoms with E-state index in [-0.39, 0.29) is 0 Å². The Kier molecular flexibility index (Phi) is 4.62. The van der Waals surface area contributed by atoms with Crippen molar-refractivity contribution in [2.75, 3.05) is 0 Å². The highest BCUT2D eigenvalue weighted by Gasteiger charge is 2.07. The quantitative estimate of drug-likeness (QED) is 0.592. The van der Waals surface area contributed by atoms with Gasteiger partial charge in [-0.05, 0) is 36.4 Å².